The molecule has 0 aromatic carbocycles. The van der Waals surface area contributed by atoms with E-state index in [0.717, 1.165) is 30.3 Å². The molecule has 2 heterocycles. The van der Waals surface area contributed by atoms with Gasteiger partial charge < -0.3 is 14.6 Å². The highest BCUT2D eigenvalue weighted by molar-refractivity contribution is 5.80. The average molecular weight is 405 g/mol. The molecule has 29 heavy (non-hydrogen) atoms. The summed E-state index contributed by atoms with van der Waals surface area (Å²) in [4.78, 5) is 52.3. The minimum atomic E-state index is -0.464. The molecule has 2 aromatic heterocycles. The van der Waals surface area contributed by atoms with Crippen molar-refractivity contribution in [3.63, 3.8) is 0 Å². The van der Waals surface area contributed by atoms with Gasteiger partial charge in [-0.25, -0.2) is 9.78 Å². The number of ether oxygens (including phenoxy) is 1. The Labute approximate surface area is 167 Å². The Bertz CT molecular complexity index is 1010. The third kappa shape index (κ3) is 4.75. The first-order chi connectivity index (χ1) is 13.9. The van der Waals surface area contributed by atoms with E-state index in [1.165, 1.54) is 24.4 Å². The van der Waals surface area contributed by atoms with E-state index >= 15 is 0 Å². The minimum Gasteiger partial charge on any atom is -0.456 e. The molecular weight excluding hydrogens is 378 g/mol. The fraction of sp³-hybridized carbons (Fsp3) is 0.632. The zero-order valence-electron chi connectivity index (χ0n) is 16.8. The highest BCUT2D eigenvalue weighted by atomic mass is 16.5. The predicted molar refractivity (Wildman–Crippen MR) is 105 cm³/mol. The lowest BCUT2D eigenvalue weighted by Gasteiger charge is -2.22. The Morgan fingerprint density at radius 2 is 1.90 bits per heavy atom. The van der Waals surface area contributed by atoms with Gasteiger partial charge in [-0.3, -0.25) is 23.5 Å². The Balaban J connectivity index is 1.49. The van der Waals surface area contributed by atoms with E-state index in [1.54, 1.807) is 11.6 Å². The number of imidazole rings is 1. The lowest BCUT2D eigenvalue weighted by molar-refractivity contribution is -0.148. The van der Waals surface area contributed by atoms with E-state index in [1.807, 2.05) is 0 Å². The van der Waals surface area contributed by atoms with Gasteiger partial charge in [0.25, 0.3) is 11.5 Å². The molecule has 2 aromatic rings. The molecule has 0 unspecified atom stereocenters. The SMILES string of the molecule is Cn1c(=O)c2c(ncn2CCCC(=O)OCC(=O)NC2CCCCC2)n(C)c1=O. The maximum atomic E-state index is 12.4. The van der Waals surface area contributed by atoms with Gasteiger partial charge in [-0.15, -0.1) is 0 Å². The summed E-state index contributed by atoms with van der Waals surface area (Å²) < 4.78 is 9.01. The number of esters is 1. The van der Waals surface area contributed by atoms with Crippen molar-refractivity contribution in [1.82, 2.24) is 24.0 Å². The number of amides is 1. The van der Waals surface area contributed by atoms with Crippen LogP contribution >= 0.6 is 0 Å². The summed E-state index contributed by atoms with van der Waals surface area (Å²) in [6.07, 6.45) is 7.40. The lowest BCUT2D eigenvalue weighted by Crippen LogP contribution is -2.38. The summed E-state index contributed by atoms with van der Waals surface area (Å²) in [6, 6.07) is 0.183. The summed E-state index contributed by atoms with van der Waals surface area (Å²) in [5, 5.41) is 2.90. The first-order valence-electron chi connectivity index (χ1n) is 9.94. The van der Waals surface area contributed by atoms with Crippen molar-refractivity contribution in [2.24, 2.45) is 14.1 Å². The molecule has 1 aliphatic carbocycles. The van der Waals surface area contributed by atoms with E-state index in [0.29, 0.717) is 24.1 Å². The number of aryl methyl sites for hydroxylation is 2. The van der Waals surface area contributed by atoms with Crippen molar-refractivity contribution in [2.75, 3.05) is 6.61 Å². The van der Waals surface area contributed by atoms with Crippen molar-refractivity contribution in [3.05, 3.63) is 27.2 Å². The molecule has 1 saturated carbocycles. The molecule has 1 amide bonds. The second kappa shape index (κ2) is 9.06. The Morgan fingerprint density at radius 1 is 1.17 bits per heavy atom. The molecule has 1 fully saturated rings. The molecule has 0 radical (unpaired) electrons. The minimum absolute atomic E-state index is 0.114. The summed E-state index contributed by atoms with van der Waals surface area (Å²) in [7, 11) is 2.97. The third-order valence-electron chi connectivity index (χ3n) is 5.33. The van der Waals surface area contributed by atoms with Crippen LogP contribution in [0.25, 0.3) is 11.2 Å². The summed E-state index contributed by atoms with van der Waals surface area (Å²) in [5.41, 5.74) is -0.250. The largest absolute Gasteiger partial charge is 0.456 e. The number of aromatic nitrogens is 4. The predicted octanol–water partition coefficient (Wildman–Crippen LogP) is 0.206. The van der Waals surface area contributed by atoms with Crippen LogP contribution < -0.4 is 16.6 Å². The van der Waals surface area contributed by atoms with E-state index in [2.05, 4.69) is 10.3 Å². The second-order valence-electron chi connectivity index (χ2n) is 7.48. The first-order valence-corrected chi connectivity index (χ1v) is 9.94. The Kier molecular flexibility index (Phi) is 6.50. The number of carbonyl (C=O) groups is 2. The number of nitrogens with one attached hydrogen (secondary N) is 1. The summed E-state index contributed by atoms with van der Waals surface area (Å²) in [6.45, 7) is 0.0965. The number of hydrogen-bond donors (Lipinski definition) is 1. The normalized spacial score (nSPS) is 14.8. The topological polar surface area (TPSA) is 117 Å². The van der Waals surface area contributed by atoms with E-state index in [-0.39, 0.29) is 25.0 Å². The third-order valence-corrected chi connectivity index (χ3v) is 5.33. The van der Waals surface area contributed by atoms with Crippen LogP contribution in [-0.2, 0) is 35.0 Å². The van der Waals surface area contributed by atoms with E-state index < -0.39 is 17.2 Å². The smallest absolute Gasteiger partial charge is 0.332 e. The van der Waals surface area contributed by atoms with Crippen LogP contribution in [0.4, 0.5) is 0 Å². The molecule has 0 atom stereocenters. The van der Waals surface area contributed by atoms with Crippen LogP contribution in [0, 0.1) is 0 Å². The van der Waals surface area contributed by atoms with Crippen molar-refractivity contribution >= 4 is 23.0 Å². The van der Waals surface area contributed by atoms with Gasteiger partial charge in [-0.05, 0) is 19.3 Å². The van der Waals surface area contributed by atoms with Crippen molar-refractivity contribution < 1.29 is 14.3 Å². The standard InChI is InChI=1S/C19H27N5O5/c1-22-17-16(18(27)23(2)19(22)28)24(12-20-17)10-6-9-15(26)29-11-14(25)21-13-7-4-3-5-8-13/h12-13H,3-11H2,1-2H3,(H,21,25). The van der Waals surface area contributed by atoms with Gasteiger partial charge in [0, 0.05) is 33.1 Å². The lowest BCUT2D eigenvalue weighted by atomic mass is 9.95. The molecule has 158 valence electrons. The number of rotatable bonds is 7. The second-order valence-corrected chi connectivity index (χ2v) is 7.48. The maximum Gasteiger partial charge on any atom is 0.332 e. The molecule has 10 nitrogen and oxygen atoms in total. The fourth-order valence-electron chi connectivity index (χ4n) is 3.69. The quantitative estimate of drug-likeness (QED) is 0.658. The summed E-state index contributed by atoms with van der Waals surface area (Å²) >= 11 is 0. The maximum absolute atomic E-state index is 12.4. The van der Waals surface area contributed by atoms with Gasteiger partial charge in [0.1, 0.15) is 0 Å². The van der Waals surface area contributed by atoms with Gasteiger partial charge in [0.2, 0.25) is 0 Å². The Morgan fingerprint density at radius 3 is 2.62 bits per heavy atom. The van der Waals surface area contributed by atoms with E-state index in [4.69, 9.17) is 4.74 Å². The Hall–Kier alpha value is -2.91. The molecule has 3 rings (SSSR count). The molecule has 1 N–H and O–H groups in total. The van der Waals surface area contributed by atoms with Crippen molar-refractivity contribution in [2.45, 2.75) is 57.5 Å². The van der Waals surface area contributed by atoms with Crippen molar-refractivity contribution in [3.8, 4) is 0 Å². The van der Waals surface area contributed by atoms with Crippen LogP contribution in [0.1, 0.15) is 44.9 Å². The molecular formula is C19H27N5O5. The van der Waals surface area contributed by atoms with Crippen LogP contribution in [0.2, 0.25) is 0 Å². The average Bonchev–Trinajstić information content (AvgIpc) is 3.14. The highest BCUT2D eigenvalue weighted by Gasteiger charge is 2.17. The highest BCUT2D eigenvalue weighted by Crippen LogP contribution is 2.17. The monoisotopic (exact) mass is 405 g/mol. The van der Waals surface area contributed by atoms with E-state index in [9.17, 15) is 19.2 Å². The molecule has 1 aliphatic rings. The molecule has 0 saturated heterocycles. The van der Waals surface area contributed by atoms with Crippen LogP contribution in [0.5, 0.6) is 0 Å². The van der Waals surface area contributed by atoms with Crippen LogP contribution in [0.3, 0.4) is 0 Å². The number of carbonyl (C=O) groups excluding carboxylic acids is 2. The van der Waals surface area contributed by atoms with Crippen LogP contribution in [-0.4, -0.2) is 43.2 Å². The van der Waals surface area contributed by atoms with Gasteiger partial charge in [-0.2, -0.15) is 0 Å². The van der Waals surface area contributed by atoms with Gasteiger partial charge in [0.05, 0.1) is 6.33 Å². The summed E-state index contributed by atoms with van der Waals surface area (Å²) in [5.74, 6) is -0.733. The fourth-order valence-corrected chi connectivity index (χ4v) is 3.69. The zero-order valence-corrected chi connectivity index (χ0v) is 16.8. The zero-order chi connectivity index (χ0) is 21.0. The number of fused-ring (bicyclic) bond motifs is 1. The van der Waals surface area contributed by atoms with Gasteiger partial charge >= 0.3 is 11.7 Å². The van der Waals surface area contributed by atoms with Gasteiger partial charge in [0.15, 0.2) is 17.8 Å². The molecule has 0 aliphatic heterocycles. The molecule has 0 spiro atoms. The number of nitrogens with zero attached hydrogens (tertiary/aromatic N) is 4. The van der Waals surface area contributed by atoms with Crippen molar-refractivity contribution in [1.29, 1.82) is 0 Å². The molecule has 0 bridgehead atoms. The number of hydrogen-bond acceptors (Lipinski definition) is 6. The van der Waals surface area contributed by atoms with Crippen LogP contribution in [0.15, 0.2) is 15.9 Å². The van der Waals surface area contributed by atoms with Gasteiger partial charge in [-0.1, -0.05) is 19.3 Å². The first kappa shape index (κ1) is 20.8. The molecule has 10 heteroatoms.